The third-order valence-electron chi connectivity index (χ3n) is 4.10. The van der Waals surface area contributed by atoms with Crippen LogP contribution in [0.2, 0.25) is 5.02 Å². The molecule has 0 atom stereocenters. The number of nitrogens with one attached hydrogen (secondary N) is 1. The zero-order valence-corrected chi connectivity index (χ0v) is 21.0. The van der Waals surface area contributed by atoms with Gasteiger partial charge in [-0.25, -0.2) is 18.4 Å². The van der Waals surface area contributed by atoms with Gasteiger partial charge in [-0.3, -0.25) is 14.9 Å². The van der Waals surface area contributed by atoms with Crippen molar-refractivity contribution in [3.63, 3.8) is 0 Å². The minimum Gasteiger partial charge on any atom is -0.443 e. The van der Waals surface area contributed by atoms with E-state index in [0.717, 1.165) is 24.3 Å². The number of anilines is 2. The van der Waals surface area contributed by atoms with Crippen LogP contribution < -0.4 is 10.2 Å². The topological polar surface area (TPSA) is 128 Å². The molecule has 0 aliphatic heterocycles. The van der Waals surface area contributed by atoms with Crippen molar-refractivity contribution in [1.82, 2.24) is 0 Å². The molecule has 194 valence electrons. The Labute approximate surface area is 210 Å². The van der Waals surface area contributed by atoms with Crippen LogP contribution >= 0.6 is 11.6 Å². The van der Waals surface area contributed by atoms with Crippen molar-refractivity contribution in [2.24, 2.45) is 0 Å². The number of carbonyl (C=O) groups is 3. The summed E-state index contributed by atoms with van der Waals surface area (Å²) in [6.45, 7) is 8.86. The summed E-state index contributed by atoms with van der Waals surface area (Å²) in [5.41, 5.74) is -4.93. The van der Waals surface area contributed by atoms with Crippen LogP contribution in [-0.2, 0) is 9.47 Å². The molecule has 0 aliphatic carbocycles. The van der Waals surface area contributed by atoms with Crippen molar-refractivity contribution in [2.45, 2.75) is 52.7 Å². The lowest BCUT2D eigenvalue weighted by Crippen LogP contribution is -2.44. The third kappa shape index (κ3) is 7.11. The highest BCUT2D eigenvalue weighted by molar-refractivity contribution is 6.34. The normalized spacial score (nSPS) is 11.5. The van der Waals surface area contributed by atoms with Gasteiger partial charge < -0.3 is 14.8 Å². The van der Waals surface area contributed by atoms with Crippen LogP contribution in [0.5, 0.6) is 0 Å². The van der Waals surface area contributed by atoms with E-state index in [1.54, 1.807) is 0 Å². The quantitative estimate of drug-likeness (QED) is 0.357. The van der Waals surface area contributed by atoms with Crippen LogP contribution in [0.3, 0.4) is 0 Å². The maximum absolute atomic E-state index is 15.5. The Bertz CT molecular complexity index is 1200. The van der Waals surface area contributed by atoms with Gasteiger partial charge >= 0.3 is 12.2 Å². The minimum absolute atomic E-state index is 0.0388. The summed E-state index contributed by atoms with van der Waals surface area (Å²) >= 11 is 5.95. The largest absolute Gasteiger partial charge is 0.443 e. The number of imide groups is 1. The van der Waals surface area contributed by atoms with Crippen molar-refractivity contribution >= 4 is 46.8 Å². The molecule has 1 N–H and O–H groups in total. The number of benzene rings is 2. The molecule has 36 heavy (non-hydrogen) atoms. The Hall–Kier alpha value is -3.80. The second kappa shape index (κ2) is 10.4. The molecule has 2 aromatic rings. The molecule has 3 amide bonds. The lowest BCUT2D eigenvalue weighted by Gasteiger charge is -2.29. The molecule has 2 aromatic carbocycles. The van der Waals surface area contributed by atoms with E-state index in [9.17, 15) is 28.9 Å². The first kappa shape index (κ1) is 28.4. The monoisotopic (exact) mass is 527 g/mol. The van der Waals surface area contributed by atoms with Gasteiger partial charge in [-0.15, -0.1) is 0 Å². The molecule has 0 radical (unpaired) electrons. The average molecular weight is 528 g/mol. The van der Waals surface area contributed by atoms with Crippen molar-refractivity contribution in [3.8, 4) is 0 Å². The summed E-state index contributed by atoms with van der Waals surface area (Å²) in [4.78, 5) is 48.6. The van der Waals surface area contributed by atoms with Gasteiger partial charge in [0.05, 0.1) is 21.2 Å². The van der Waals surface area contributed by atoms with Crippen molar-refractivity contribution in [3.05, 3.63) is 62.7 Å². The first-order valence-electron chi connectivity index (χ1n) is 10.4. The van der Waals surface area contributed by atoms with Crippen LogP contribution in [0, 0.1) is 21.7 Å². The fourth-order valence-electron chi connectivity index (χ4n) is 2.71. The standard InChI is InChI=1S/C23H24ClF2N3O7/c1-22(2,3)35-20(31)28(21(32)36-23(4,5)6)18-15(25)9-10-16(17(18)26)27-19(30)13-11-12(29(33)34)7-8-14(13)24/h7-11H,1-6H3,(H,27,30). The summed E-state index contributed by atoms with van der Waals surface area (Å²) in [6, 6.07) is 4.57. The highest BCUT2D eigenvalue weighted by atomic mass is 35.5. The summed E-state index contributed by atoms with van der Waals surface area (Å²) in [5, 5.41) is 13.0. The van der Waals surface area contributed by atoms with Crippen molar-refractivity contribution in [1.29, 1.82) is 0 Å². The van der Waals surface area contributed by atoms with E-state index in [2.05, 4.69) is 5.32 Å². The van der Waals surface area contributed by atoms with Crippen LogP contribution in [0.1, 0.15) is 51.9 Å². The zero-order valence-electron chi connectivity index (χ0n) is 20.3. The molecular weight excluding hydrogens is 504 g/mol. The predicted octanol–water partition coefficient (Wildman–Crippen LogP) is 6.46. The van der Waals surface area contributed by atoms with Gasteiger partial charge in [0, 0.05) is 12.1 Å². The summed E-state index contributed by atoms with van der Waals surface area (Å²) in [6.07, 6.45) is -2.86. The Balaban J connectivity index is 2.57. The lowest BCUT2D eigenvalue weighted by molar-refractivity contribution is -0.384. The van der Waals surface area contributed by atoms with E-state index in [1.807, 2.05) is 0 Å². The van der Waals surface area contributed by atoms with Crippen LogP contribution in [0.25, 0.3) is 0 Å². The SMILES string of the molecule is CC(C)(C)OC(=O)N(C(=O)OC(C)(C)C)c1c(F)ccc(NC(=O)c2cc([N+](=O)[O-])ccc2Cl)c1F. The van der Waals surface area contributed by atoms with Crippen molar-refractivity contribution < 1.29 is 37.6 Å². The zero-order chi connectivity index (χ0) is 27.6. The molecule has 0 saturated heterocycles. The number of amides is 3. The van der Waals surface area contributed by atoms with Crippen LogP contribution in [0.4, 0.5) is 35.4 Å². The Morgan fingerprint density at radius 2 is 1.50 bits per heavy atom. The van der Waals surface area contributed by atoms with Gasteiger partial charge in [0.25, 0.3) is 11.6 Å². The Morgan fingerprint density at radius 1 is 0.972 bits per heavy atom. The summed E-state index contributed by atoms with van der Waals surface area (Å²) in [7, 11) is 0. The van der Waals surface area contributed by atoms with Gasteiger partial charge in [-0.1, -0.05) is 11.6 Å². The first-order chi connectivity index (χ1) is 16.4. The molecule has 13 heteroatoms. The molecule has 2 rings (SSSR count). The van der Waals surface area contributed by atoms with E-state index in [1.165, 1.54) is 41.5 Å². The van der Waals surface area contributed by atoms with Gasteiger partial charge in [0.1, 0.15) is 16.9 Å². The second-order valence-electron chi connectivity index (χ2n) is 9.43. The summed E-state index contributed by atoms with van der Waals surface area (Å²) in [5.74, 6) is -3.92. The second-order valence-corrected chi connectivity index (χ2v) is 9.84. The Morgan fingerprint density at radius 3 is 1.97 bits per heavy atom. The number of nitro groups is 1. The molecule has 0 aromatic heterocycles. The highest BCUT2D eigenvalue weighted by Gasteiger charge is 2.37. The number of nitrogens with zero attached hydrogens (tertiary/aromatic N) is 2. The van der Waals surface area contributed by atoms with Crippen LogP contribution in [-0.4, -0.2) is 34.2 Å². The summed E-state index contributed by atoms with van der Waals surface area (Å²) < 4.78 is 40.6. The fraction of sp³-hybridized carbons (Fsp3) is 0.348. The number of nitro benzene ring substituents is 1. The van der Waals surface area contributed by atoms with Crippen molar-refractivity contribution in [2.75, 3.05) is 10.2 Å². The number of hydrogen-bond acceptors (Lipinski definition) is 7. The Kier molecular flexibility index (Phi) is 8.25. The lowest BCUT2D eigenvalue weighted by atomic mass is 10.1. The van der Waals surface area contributed by atoms with E-state index >= 15 is 4.39 Å². The average Bonchev–Trinajstić information content (AvgIpc) is 2.70. The highest BCUT2D eigenvalue weighted by Crippen LogP contribution is 2.33. The maximum Gasteiger partial charge on any atom is 0.424 e. The minimum atomic E-state index is -1.51. The van der Waals surface area contributed by atoms with Gasteiger partial charge in [-0.2, -0.15) is 4.90 Å². The number of carbonyl (C=O) groups excluding carboxylic acids is 3. The first-order valence-corrected chi connectivity index (χ1v) is 10.8. The van der Waals surface area contributed by atoms with E-state index in [4.69, 9.17) is 21.1 Å². The van der Waals surface area contributed by atoms with Gasteiger partial charge in [0.2, 0.25) is 0 Å². The fourth-order valence-corrected chi connectivity index (χ4v) is 2.91. The molecule has 0 fully saturated rings. The molecule has 0 spiro atoms. The molecule has 0 saturated carbocycles. The molecule has 10 nitrogen and oxygen atoms in total. The maximum atomic E-state index is 15.5. The number of hydrogen-bond donors (Lipinski definition) is 1. The van der Waals surface area contributed by atoms with E-state index in [0.29, 0.717) is 6.07 Å². The molecule has 0 unspecified atom stereocenters. The number of ether oxygens (including phenoxy) is 2. The number of non-ortho nitro benzene ring substituents is 1. The molecule has 0 aliphatic rings. The van der Waals surface area contributed by atoms with Gasteiger partial charge in [0.15, 0.2) is 11.6 Å². The molecular formula is C23H24ClF2N3O7. The van der Waals surface area contributed by atoms with Gasteiger partial charge in [-0.05, 0) is 59.7 Å². The number of rotatable bonds is 4. The molecule has 0 heterocycles. The number of halogens is 3. The predicted molar refractivity (Wildman–Crippen MR) is 127 cm³/mol. The van der Waals surface area contributed by atoms with Crippen LogP contribution in [0.15, 0.2) is 30.3 Å². The van der Waals surface area contributed by atoms with E-state index in [-0.39, 0.29) is 15.5 Å². The third-order valence-corrected chi connectivity index (χ3v) is 4.43. The van der Waals surface area contributed by atoms with E-state index < -0.39 is 62.9 Å². The smallest absolute Gasteiger partial charge is 0.424 e. The molecule has 0 bridgehead atoms.